The number of piperazine rings is 1. The number of amides is 1. The van der Waals surface area contributed by atoms with Crippen molar-refractivity contribution in [2.75, 3.05) is 19.6 Å². The number of rotatable bonds is 5. The fourth-order valence-electron chi connectivity index (χ4n) is 3.06. The summed E-state index contributed by atoms with van der Waals surface area (Å²) >= 11 is 3.47. The number of nitrogens with zero attached hydrogens (tertiary/aromatic N) is 2. The highest BCUT2D eigenvalue weighted by molar-refractivity contribution is 9.10. The largest absolute Gasteiger partial charge is 0.336 e. The Bertz CT molecular complexity index is 431. The van der Waals surface area contributed by atoms with Gasteiger partial charge in [-0.25, -0.2) is 0 Å². The molecule has 1 aromatic rings. The molecule has 1 aliphatic heterocycles. The van der Waals surface area contributed by atoms with Crippen LogP contribution in [0.4, 0.5) is 0 Å². The van der Waals surface area contributed by atoms with E-state index in [4.69, 9.17) is 0 Å². The van der Waals surface area contributed by atoms with E-state index in [1.54, 1.807) is 0 Å². The third kappa shape index (κ3) is 3.41. The van der Waals surface area contributed by atoms with E-state index in [2.05, 4.69) is 46.8 Å². The molecule has 0 N–H and O–H groups in total. The molecule has 1 fully saturated rings. The molecule has 1 aliphatic rings. The number of benzene rings is 1. The zero-order valence-corrected chi connectivity index (χ0v) is 13.8. The van der Waals surface area contributed by atoms with E-state index < -0.39 is 0 Å². The van der Waals surface area contributed by atoms with Crippen molar-refractivity contribution in [2.45, 2.75) is 38.8 Å². The molecule has 0 aromatic heterocycles. The van der Waals surface area contributed by atoms with Gasteiger partial charge in [-0.1, -0.05) is 41.9 Å². The summed E-state index contributed by atoms with van der Waals surface area (Å²) in [6.07, 6.45) is 3.34. The lowest BCUT2D eigenvalue weighted by Gasteiger charge is -2.43. The lowest BCUT2D eigenvalue weighted by molar-refractivity contribution is -0.123. The predicted molar refractivity (Wildman–Crippen MR) is 85.6 cm³/mol. The first kappa shape index (κ1) is 15.5. The Morgan fingerprint density at radius 1 is 1.25 bits per heavy atom. The standard InChI is InChI=1S/C16H23BrN2O/c1-3-15(4-2)18-9-10-19(12-20)16(11-18)13-5-7-14(17)8-6-13/h5-8,12,15-16H,3-4,9-11H2,1-2H3. The molecule has 0 bridgehead atoms. The van der Waals surface area contributed by atoms with E-state index in [9.17, 15) is 4.79 Å². The molecule has 1 amide bonds. The summed E-state index contributed by atoms with van der Waals surface area (Å²) in [6, 6.07) is 9.13. The van der Waals surface area contributed by atoms with Gasteiger partial charge in [0.2, 0.25) is 6.41 Å². The minimum Gasteiger partial charge on any atom is -0.336 e. The van der Waals surface area contributed by atoms with Crippen LogP contribution >= 0.6 is 15.9 Å². The normalized spacial score (nSPS) is 20.4. The molecule has 0 spiro atoms. The van der Waals surface area contributed by atoms with Crippen LogP contribution in [0.3, 0.4) is 0 Å². The maximum Gasteiger partial charge on any atom is 0.210 e. The van der Waals surface area contributed by atoms with Gasteiger partial charge < -0.3 is 4.90 Å². The van der Waals surface area contributed by atoms with E-state index in [-0.39, 0.29) is 6.04 Å². The van der Waals surface area contributed by atoms with E-state index in [1.165, 1.54) is 18.4 Å². The van der Waals surface area contributed by atoms with E-state index in [0.29, 0.717) is 6.04 Å². The average Bonchev–Trinajstić information content (AvgIpc) is 2.49. The number of hydrogen-bond acceptors (Lipinski definition) is 2. The summed E-state index contributed by atoms with van der Waals surface area (Å²) in [7, 11) is 0. The fourth-order valence-corrected chi connectivity index (χ4v) is 3.33. The lowest BCUT2D eigenvalue weighted by Crippen LogP contribution is -2.51. The molecular formula is C16H23BrN2O. The Morgan fingerprint density at radius 3 is 2.45 bits per heavy atom. The van der Waals surface area contributed by atoms with Gasteiger partial charge in [-0.05, 0) is 30.5 Å². The highest BCUT2D eigenvalue weighted by Gasteiger charge is 2.29. The second-order valence-electron chi connectivity index (χ2n) is 5.38. The van der Waals surface area contributed by atoms with Gasteiger partial charge in [0.25, 0.3) is 0 Å². The highest BCUT2D eigenvalue weighted by atomic mass is 79.9. The van der Waals surface area contributed by atoms with Crippen LogP contribution in [0.15, 0.2) is 28.7 Å². The molecule has 3 nitrogen and oxygen atoms in total. The van der Waals surface area contributed by atoms with Crippen LogP contribution in [-0.4, -0.2) is 41.9 Å². The molecule has 0 saturated carbocycles. The van der Waals surface area contributed by atoms with Crippen LogP contribution < -0.4 is 0 Å². The van der Waals surface area contributed by atoms with Crippen molar-refractivity contribution in [3.63, 3.8) is 0 Å². The zero-order valence-electron chi connectivity index (χ0n) is 12.3. The minimum atomic E-state index is 0.176. The Kier molecular flexibility index (Phi) is 5.61. The maximum absolute atomic E-state index is 11.3. The first-order valence-electron chi connectivity index (χ1n) is 7.40. The molecule has 0 radical (unpaired) electrons. The van der Waals surface area contributed by atoms with Gasteiger partial charge in [0.05, 0.1) is 6.04 Å². The monoisotopic (exact) mass is 338 g/mol. The third-order valence-electron chi connectivity index (χ3n) is 4.30. The van der Waals surface area contributed by atoms with Crippen molar-refractivity contribution in [2.24, 2.45) is 0 Å². The molecule has 2 rings (SSSR count). The van der Waals surface area contributed by atoms with Crippen LogP contribution in [0.1, 0.15) is 38.3 Å². The van der Waals surface area contributed by atoms with Crippen molar-refractivity contribution in [3.8, 4) is 0 Å². The predicted octanol–water partition coefficient (Wildman–Crippen LogP) is 3.45. The molecule has 1 saturated heterocycles. The van der Waals surface area contributed by atoms with Crippen LogP contribution in [0.2, 0.25) is 0 Å². The average molecular weight is 339 g/mol. The summed E-state index contributed by atoms with van der Waals surface area (Å²) in [4.78, 5) is 15.8. The third-order valence-corrected chi connectivity index (χ3v) is 4.83. The summed E-state index contributed by atoms with van der Waals surface area (Å²) in [5, 5.41) is 0. The quantitative estimate of drug-likeness (QED) is 0.767. The number of carbonyl (C=O) groups excluding carboxylic acids is 1. The van der Waals surface area contributed by atoms with Crippen molar-refractivity contribution >= 4 is 22.3 Å². The van der Waals surface area contributed by atoms with E-state index >= 15 is 0 Å². The molecular weight excluding hydrogens is 316 g/mol. The topological polar surface area (TPSA) is 23.6 Å². The second-order valence-corrected chi connectivity index (χ2v) is 6.29. The molecule has 4 heteroatoms. The van der Waals surface area contributed by atoms with E-state index in [0.717, 1.165) is 30.5 Å². The van der Waals surface area contributed by atoms with Gasteiger partial charge in [0, 0.05) is 30.1 Å². The number of halogens is 1. The SMILES string of the molecule is CCC(CC)N1CCN(C=O)C(c2ccc(Br)cc2)C1. The van der Waals surface area contributed by atoms with Crippen molar-refractivity contribution in [3.05, 3.63) is 34.3 Å². The molecule has 1 atom stereocenters. The van der Waals surface area contributed by atoms with Gasteiger partial charge in [0.1, 0.15) is 0 Å². The molecule has 0 aliphatic carbocycles. The van der Waals surface area contributed by atoms with Crippen LogP contribution in [0, 0.1) is 0 Å². The van der Waals surface area contributed by atoms with Gasteiger partial charge in [0.15, 0.2) is 0 Å². The number of hydrogen-bond donors (Lipinski definition) is 0. The Morgan fingerprint density at radius 2 is 1.90 bits per heavy atom. The van der Waals surface area contributed by atoms with Gasteiger partial charge in [-0.3, -0.25) is 9.69 Å². The first-order valence-corrected chi connectivity index (χ1v) is 8.19. The molecule has 20 heavy (non-hydrogen) atoms. The number of carbonyl (C=O) groups is 1. The Hall–Kier alpha value is -0.870. The zero-order chi connectivity index (χ0) is 14.5. The Balaban J connectivity index is 2.18. The fraction of sp³-hybridized carbons (Fsp3) is 0.562. The van der Waals surface area contributed by atoms with Crippen molar-refractivity contribution in [1.29, 1.82) is 0 Å². The molecule has 1 heterocycles. The van der Waals surface area contributed by atoms with Gasteiger partial charge >= 0.3 is 0 Å². The summed E-state index contributed by atoms with van der Waals surface area (Å²) in [5.41, 5.74) is 1.22. The molecule has 1 unspecified atom stereocenters. The van der Waals surface area contributed by atoms with Crippen LogP contribution in [0.25, 0.3) is 0 Å². The lowest BCUT2D eigenvalue weighted by atomic mass is 10.0. The van der Waals surface area contributed by atoms with Crippen LogP contribution in [0.5, 0.6) is 0 Å². The van der Waals surface area contributed by atoms with Crippen molar-refractivity contribution in [1.82, 2.24) is 9.80 Å². The minimum absolute atomic E-state index is 0.176. The smallest absolute Gasteiger partial charge is 0.210 e. The maximum atomic E-state index is 11.3. The molecule has 1 aromatic carbocycles. The van der Waals surface area contributed by atoms with Crippen LogP contribution in [-0.2, 0) is 4.79 Å². The van der Waals surface area contributed by atoms with Gasteiger partial charge in [-0.15, -0.1) is 0 Å². The van der Waals surface area contributed by atoms with Gasteiger partial charge in [-0.2, -0.15) is 0 Å². The van der Waals surface area contributed by atoms with Crippen molar-refractivity contribution < 1.29 is 4.79 Å². The highest BCUT2D eigenvalue weighted by Crippen LogP contribution is 2.27. The van der Waals surface area contributed by atoms with E-state index in [1.807, 2.05) is 17.0 Å². The summed E-state index contributed by atoms with van der Waals surface area (Å²) in [6.45, 7) is 7.23. The molecule has 110 valence electrons. The summed E-state index contributed by atoms with van der Waals surface area (Å²) < 4.78 is 1.08. The first-order chi connectivity index (χ1) is 9.69. The Labute approximate surface area is 130 Å². The summed E-state index contributed by atoms with van der Waals surface area (Å²) in [5.74, 6) is 0. The second kappa shape index (κ2) is 7.23.